The molecule has 27 heavy (non-hydrogen) atoms. The fraction of sp³-hybridized carbons (Fsp3) is 0.294. The van der Waals surface area contributed by atoms with Crippen molar-refractivity contribution < 1.29 is 18.0 Å². The number of fused-ring (bicyclic) bond motifs is 1. The van der Waals surface area contributed by atoms with Gasteiger partial charge < -0.3 is 9.47 Å². The first kappa shape index (κ1) is 17.7. The van der Waals surface area contributed by atoms with E-state index in [9.17, 15) is 18.0 Å². The van der Waals surface area contributed by atoms with Gasteiger partial charge in [0.1, 0.15) is 5.82 Å². The number of hydrogen-bond donors (Lipinski definition) is 0. The monoisotopic (exact) mass is 393 g/mol. The number of aromatic nitrogens is 4. The van der Waals surface area contributed by atoms with Crippen molar-refractivity contribution in [1.82, 2.24) is 23.8 Å². The molecule has 4 rings (SSSR count). The molecule has 0 radical (unpaired) electrons. The molecule has 1 atom stereocenters. The Morgan fingerprint density at radius 2 is 1.93 bits per heavy atom. The highest BCUT2D eigenvalue weighted by Crippen LogP contribution is 2.31. The predicted octanol–water partition coefficient (Wildman–Crippen LogP) is 3.34. The van der Waals surface area contributed by atoms with Crippen LogP contribution < -0.4 is 0 Å². The molecule has 1 unspecified atom stereocenters. The summed E-state index contributed by atoms with van der Waals surface area (Å²) in [5, 5.41) is 0.688. The maximum Gasteiger partial charge on any atom is 0.254 e. The van der Waals surface area contributed by atoms with Gasteiger partial charge in [-0.2, -0.15) is 4.37 Å². The molecule has 0 aliphatic carbocycles. The van der Waals surface area contributed by atoms with Crippen molar-refractivity contribution in [3.05, 3.63) is 52.9 Å². The first-order valence-electron chi connectivity index (χ1n) is 8.18. The summed E-state index contributed by atoms with van der Waals surface area (Å²) in [6, 6.07) is 1.06. The molecule has 10 heteroatoms. The second-order valence-electron chi connectivity index (χ2n) is 6.23. The van der Waals surface area contributed by atoms with Crippen LogP contribution in [0.25, 0.3) is 10.8 Å². The van der Waals surface area contributed by atoms with E-state index in [2.05, 4.69) is 14.3 Å². The summed E-state index contributed by atoms with van der Waals surface area (Å²) >= 11 is 1.25. The van der Waals surface area contributed by atoms with E-state index in [1.807, 2.05) is 4.57 Å². The molecule has 140 valence electrons. The van der Waals surface area contributed by atoms with E-state index < -0.39 is 23.4 Å². The van der Waals surface area contributed by atoms with Gasteiger partial charge in [0.25, 0.3) is 5.91 Å². The highest BCUT2D eigenvalue weighted by Gasteiger charge is 2.32. The number of benzene rings is 1. The van der Waals surface area contributed by atoms with Gasteiger partial charge in [-0.1, -0.05) is 0 Å². The van der Waals surface area contributed by atoms with Gasteiger partial charge in [0.2, 0.25) is 0 Å². The van der Waals surface area contributed by atoms with E-state index in [1.54, 1.807) is 20.0 Å². The van der Waals surface area contributed by atoms with E-state index in [1.165, 1.54) is 16.4 Å². The Hall–Kier alpha value is -2.75. The zero-order chi connectivity index (χ0) is 19.3. The lowest BCUT2D eigenvalue weighted by Crippen LogP contribution is -2.41. The zero-order valence-electron chi connectivity index (χ0n) is 14.4. The summed E-state index contributed by atoms with van der Waals surface area (Å²) in [7, 11) is 0. The van der Waals surface area contributed by atoms with Crippen molar-refractivity contribution in [3.63, 3.8) is 0 Å². The van der Waals surface area contributed by atoms with Crippen LogP contribution in [-0.2, 0) is 6.54 Å². The second-order valence-corrected chi connectivity index (χ2v) is 6.99. The van der Waals surface area contributed by atoms with Gasteiger partial charge in [-0.05, 0) is 37.5 Å². The molecule has 1 aromatic carbocycles. The van der Waals surface area contributed by atoms with Gasteiger partial charge in [0.05, 0.1) is 17.9 Å². The number of amides is 1. The third-order valence-corrected chi connectivity index (χ3v) is 5.36. The van der Waals surface area contributed by atoms with Crippen molar-refractivity contribution in [2.75, 3.05) is 6.54 Å². The highest BCUT2D eigenvalue weighted by atomic mass is 32.1. The molecule has 2 aromatic heterocycles. The van der Waals surface area contributed by atoms with Crippen molar-refractivity contribution in [3.8, 4) is 10.8 Å². The Kier molecular flexibility index (Phi) is 4.22. The molecule has 3 heterocycles. The molecule has 0 spiro atoms. The van der Waals surface area contributed by atoms with Gasteiger partial charge in [-0.3, -0.25) is 4.79 Å². The number of hydrogen-bond acceptors (Lipinski definition) is 5. The third kappa shape index (κ3) is 2.89. The van der Waals surface area contributed by atoms with Crippen LogP contribution in [0.5, 0.6) is 0 Å². The summed E-state index contributed by atoms with van der Waals surface area (Å²) in [5.41, 5.74) is 0.548. The van der Waals surface area contributed by atoms with E-state index in [-0.39, 0.29) is 11.6 Å². The molecule has 0 N–H and O–H groups in total. The van der Waals surface area contributed by atoms with Crippen LogP contribution in [-0.4, -0.2) is 36.3 Å². The molecule has 1 amide bonds. The summed E-state index contributed by atoms with van der Waals surface area (Å²) in [4.78, 5) is 23.0. The second kappa shape index (κ2) is 6.45. The van der Waals surface area contributed by atoms with Gasteiger partial charge in [0.15, 0.2) is 28.3 Å². The average molecular weight is 393 g/mol. The summed E-state index contributed by atoms with van der Waals surface area (Å²) in [5.74, 6) is -3.60. The smallest absolute Gasteiger partial charge is 0.254 e. The van der Waals surface area contributed by atoms with E-state index in [4.69, 9.17) is 0 Å². The topological polar surface area (TPSA) is 63.9 Å². The summed E-state index contributed by atoms with van der Waals surface area (Å²) in [6.45, 7) is 4.36. The molecular weight excluding hydrogens is 379 g/mol. The Balaban J connectivity index is 1.65. The molecule has 1 aliphatic rings. The van der Waals surface area contributed by atoms with E-state index in [0.717, 1.165) is 17.8 Å². The number of rotatable bonds is 2. The Bertz CT molecular complexity index is 1020. The van der Waals surface area contributed by atoms with Gasteiger partial charge >= 0.3 is 0 Å². The van der Waals surface area contributed by atoms with Gasteiger partial charge in [-0.15, -0.1) is 0 Å². The SMILES string of the molecule is Cc1nsc(-c2ncc3n2CCN(C(=O)c2cc(F)c(F)c(F)c2)C3C)n1. The van der Waals surface area contributed by atoms with Crippen LogP contribution in [0, 0.1) is 24.4 Å². The lowest BCUT2D eigenvalue weighted by atomic mass is 10.1. The number of nitrogens with zero attached hydrogens (tertiary/aromatic N) is 5. The highest BCUT2D eigenvalue weighted by molar-refractivity contribution is 7.09. The largest absolute Gasteiger partial charge is 0.329 e. The van der Waals surface area contributed by atoms with Crippen LogP contribution >= 0.6 is 11.5 Å². The summed E-state index contributed by atoms with van der Waals surface area (Å²) in [6.07, 6.45) is 1.65. The van der Waals surface area contributed by atoms with Crippen LogP contribution in [0.3, 0.4) is 0 Å². The molecule has 0 fully saturated rings. The number of halogens is 3. The molecule has 0 bridgehead atoms. The van der Waals surface area contributed by atoms with Crippen molar-refractivity contribution in [1.29, 1.82) is 0 Å². The van der Waals surface area contributed by atoms with Crippen LogP contribution in [0.4, 0.5) is 13.2 Å². The predicted molar refractivity (Wildman–Crippen MR) is 91.6 cm³/mol. The van der Waals surface area contributed by atoms with Gasteiger partial charge in [-0.25, -0.2) is 23.1 Å². The molecule has 0 saturated heterocycles. The van der Waals surface area contributed by atoms with Crippen LogP contribution in [0.1, 0.15) is 34.8 Å². The van der Waals surface area contributed by atoms with Crippen LogP contribution in [0.15, 0.2) is 18.3 Å². The molecule has 1 aliphatic heterocycles. The normalized spacial score (nSPS) is 16.5. The Morgan fingerprint density at radius 3 is 2.56 bits per heavy atom. The minimum absolute atomic E-state index is 0.230. The number of carbonyl (C=O) groups excluding carboxylic acids is 1. The number of carbonyl (C=O) groups is 1. The van der Waals surface area contributed by atoms with Crippen molar-refractivity contribution in [2.24, 2.45) is 0 Å². The van der Waals surface area contributed by atoms with Crippen molar-refractivity contribution >= 4 is 17.4 Å². The molecular formula is C17H14F3N5OS. The third-order valence-electron chi connectivity index (χ3n) is 4.56. The Labute approximate surface area is 156 Å². The standard InChI is InChI=1S/C17H14F3N5OS/c1-8-13-7-21-15(16-22-9(2)23-27-16)25(13)4-3-24(8)17(26)10-5-11(18)14(20)12(19)6-10/h5-8H,3-4H2,1-2H3. The van der Waals surface area contributed by atoms with E-state index in [0.29, 0.717) is 29.7 Å². The van der Waals surface area contributed by atoms with E-state index >= 15 is 0 Å². The fourth-order valence-corrected chi connectivity index (χ4v) is 3.88. The van der Waals surface area contributed by atoms with Crippen LogP contribution in [0.2, 0.25) is 0 Å². The first-order valence-corrected chi connectivity index (χ1v) is 8.95. The first-order chi connectivity index (χ1) is 12.9. The maximum absolute atomic E-state index is 13.5. The van der Waals surface area contributed by atoms with Crippen molar-refractivity contribution in [2.45, 2.75) is 26.4 Å². The van der Waals surface area contributed by atoms with Gasteiger partial charge in [0, 0.05) is 18.7 Å². The maximum atomic E-state index is 13.5. The number of imidazole rings is 1. The number of aryl methyl sites for hydroxylation is 1. The Morgan fingerprint density at radius 1 is 1.22 bits per heavy atom. The lowest BCUT2D eigenvalue weighted by molar-refractivity contribution is 0.0643. The molecule has 0 saturated carbocycles. The minimum Gasteiger partial charge on any atom is -0.329 e. The molecule has 3 aromatic rings. The lowest BCUT2D eigenvalue weighted by Gasteiger charge is -2.35. The minimum atomic E-state index is -1.59. The summed E-state index contributed by atoms with van der Waals surface area (Å²) < 4.78 is 46.2. The zero-order valence-corrected chi connectivity index (χ0v) is 15.2. The molecule has 6 nitrogen and oxygen atoms in total. The fourth-order valence-electron chi connectivity index (χ4n) is 3.20. The quantitative estimate of drug-likeness (QED) is 0.627. The average Bonchev–Trinajstić information content (AvgIpc) is 3.25.